The first kappa shape index (κ1) is 18.8. The van der Waals surface area contributed by atoms with Crippen molar-refractivity contribution in [3.05, 3.63) is 70.0 Å². The minimum absolute atomic E-state index is 0.0339. The van der Waals surface area contributed by atoms with Gasteiger partial charge in [0, 0.05) is 10.6 Å². The molecule has 5 heteroatoms. The van der Waals surface area contributed by atoms with Crippen molar-refractivity contribution < 1.29 is 13.9 Å². The summed E-state index contributed by atoms with van der Waals surface area (Å²) in [7, 11) is 1.25. The van der Waals surface area contributed by atoms with Gasteiger partial charge in [0.1, 0.15) is 17.5 Å². The summed E-state index contributed by atoms with van der Waals surface area (Å²) in [5.41, 5.74) is 3.92. The molecule has 0 aromatic heterocycles. The average molecular weight is 355 g/mol. The van der Waals surface area contributed by atoms with Crippen molar-refractivity contribution in [1.82, 2.24) is 0 Å². The van der Waals surface area contributed by atoms with Gasteiger partial charge >= 0.3 is 5.97 Å². The number of thioether (sulfide) groups is 1. The Hall–Kier alpha value is -2.58. The summed E-state index contributed by atoms with van der Waals surface area (Å²) >= 11 is 1.61. The van der Waals surface area contributed by atoms with Crippen LogP contribution in [0.2, 0.25) is 0 Å². The predicted octanol–water partition coefficient (Wildman–Crippen LogP) is 4.81. The van der Waals surface area contributed by atoms with Crippen LogP contribution in [0.3, 0.4) is 0 Å². The van der Waals surface area contributed by atoms with Crippen LogP contribution in [-0.4, -0.2) is 13.1 Å². The number of ether oxygens (including phenoxy) is 1. The molecule has 0 aliphatic carbocycles. The predicted molar refractivity (Wildman–Crippen MR) is 97.5 cm³/mol. The first-order chi connectivity index (χ1) is 11.9. The number of hydrogen-bond acceptors (Lipinski definition) is 4. The van der Waals surface area contributed by atoms with Crippen LogP contribution in [0.4, 0.5) is 4.39 Å². The molecular weight excluding hydrogens is 337 g/mol. The highest BCUT2D eigenvalue weighted by Gasteiger charge is 2.11. The Balaban J connectivity index is 2.30. The highest BCUT2D eigenvalue weighted by atomic mass is 32.2. The van der Waals surface area contributed by atoms with E-state index in [9.17, 15) is 9.18 Å². The topological polar surface area (TPSA) is 50.1 Å². The number of methoxy groups -OCH3 is 1. The summed E-state index contributed by atoms with van der Waals surface area (Å²) in [4.78, 5) is 12.6. The van der Waals surface area contributed by atoms with Gasteiger partial charge in [-0.3, -0.25) is 0 Å². The Morgan fingerprint density at radius 1 is 1.28 bits per heavy atom. The van der Waals surface area contributed by atoms with Gasteiger partial charge in [0.15, 0.2) is 0 Å². The summed E-state index contributed by atoms with van der Waals surface area (Å²) in [6, 6.07) is 12.3. The maximum absolute atomic E-state index is 13.0. The standard InChI is InChI=1S/C20H18FNO2S/c1-13-8-15(10-16(11-22)20(23)24-3)14(2)17(9-13)12-25-19-6-4-18(21)5-7-19/h4-10H,12H2,1-3H3/b16-10+. The molecule has 0 spiro atoms. The third-order valence-electron chi connectivity index (χ3n) is 3.73. The van der Waals surface area contributed by atoms with E-state index in [2.05, 4.69) is 10.8 Å². The molecule has 25 heavy (non-hydrogen) atoms. The molecule has 3 nitrogen and oxygen atoms in total. The van der Waals surface area contributed by atoms with Crippen LogP contribution in [0.1, 0.15) is 22.3 Å². The second-order valence-electron chi connectivity index (χ2n) is 5.54. The van der Waals surface area contributed by atoms with Gasteiger partial charge in [0.05, 0.1) is 7.11 Å². The number of benzene rings is 2. The van der Waals surface area contributed by atoms with E-state index >= 15 is 0 Å². The van der Waals surface area contributed by atoms with Gasteiger partial charge in [0.2, 0.25) is 0 Å². The van der Waals surface area contributed by atoms with Crippen molar-refractivity contribution in [3.8, 4) is 6.07 Å². The van der Waals surface area contributed by atoms with Crippen LogP contribution >= 0.6 is 11.8 Å². The zero-order valence-electron chi connectivity index (χ0n) is 14.3. The normalized spacial score (nSPS) is 11.1. The first-order valence-electron chi connectivity index (χ1n) is 7.63. The molecule has 2 aromatic rings. The summed E-state index contributed by atoms with van der Waals surface area (Å²) in [6.07, 6.45) is 1.56. The molecule has 0 unspecified atom stereocenters. The SMILES string of the molecule is COC(=O)/C(C#N)=C/c1cc(C)cc(CSc2ccc(F)cc2)c1C. The molecule has 0 aliphatic heterocycles. The molecular formula is C20H18FNO2S. The molecule has 0 fully saturated rings. The van der Waals surface area contributed by atoms with Crippen LogP contribution < -0.4 is 0 Å². The molecule has 2 aromatic carbocycles. The molecule has 0 atom stereocenters. The number of hydrogen-bond donors (Lipinski definition) is 0. The fraction of sp³-hybridized carbons (Fsp3) is 0.200. The number of nitrogens with zero attached hydrogens (tertiary/aromatic N) is 1. The molecule has 0 N–H and O–H groups in total. The maximum Gasteiger partial charge on any atom is 0.348 e. The lowest BCUT2D eigenvalue weighted by molar-refractivity contribution is -0.135. The molecule has 128 valence electrons. The van der Waals surface area contributed by atoms with Gasteiger partial charge < -0.3 is 4.74 Å². The van der Waals surface area contributed by atoms with Crippen LogP contribution in [-0.2, 0) is 15.3 Å². The maximum atomic E-state index is 13.0. The van der Waals surface area contributed by atoms with E-state index in [-0.39, 0.29) is 11.4 Å². The van der Waals surface area contributed by atoms with Crippen LogP contribution in [0.25, 0.3) is 6.08 Å². The monoisotopic (exact) mass is 355 g/mol. The Bertz CT molecular complexity index is 851. The zero-order valence-corrected chi connectivity index (χ0v) is 15.1. The third-order valence-corrected chi connectivity index (χ3v) is 4.79. The number of carbonyl (C=O) groups is 1. The van der Waals surface area contributed by atoms with E-state index < -0.39 is 5.97 Å². The van der Waals surface area contributed by atoms with Crippen molar-refractivity contribution in [2.45, 2.75) is 24.5 Å². The van der Waals surface area contributed by atoms with Gasteiger partial charge in [-0.15, -0.1) is 11.8 Å². The lowest BCUT2D eigenvalue weighted by Gasteiger charge is -2.11. The first-order valence-corrected chi connectivity index (χ1v) is 8.61. The highest BCUT2D eigenvalue weighted by molar-refractivity contribution is 7.98. The van der Waals surface area contributed by atoms with E-state index in [0.717, 1.165) is 27.1 Å². The van der Waals surface area contributed by atoms with Gasteiger partial charge in [-0.1, -0.05) is 17.7 Å². The number of carbonyl (C=O) groups excluding carboxylic acids is 1. The molecule has 0 aliphatic rings. The van der Waals surface area contributed by atoms with E-state index in [1.165, 1.54) is 19.2 Å². The lowest BCUT2D eigenvalue weighted by atomic mass is 9.98. The molecule has 0 saturated heterocycles. The molecule has 0 bridgehead atoms. The summed E-state index contributed by atoms with van der Waals surface area (Å²) < 4.78 is 17.6. The Labute approximate surface area is 151 Å². The van der Waals surface area contributed by atoms with Crippen LogP contribution in [0, 0.1) is 31.0 Å². The smallest absolute Gasteiger partial charge is 0.348 e. The minimum Gasteiger partial charge on any atom is -0.465 e. The zero-order chi connectivity index (χ0) is 18.4. The summed E-state index contributed by atoms with van der Waals surface area (Å²) in [5.74, 6) is -0.193. The molecule has 0 heterocycles. The molecule has 0 saturated carbocycles. The molecule has 2 rings (SSSR count). The fourth-order valence-electron chi connectivity index (χ4n) is 2.36. The minimum atomic E-state index is -0.648. The number of esters is 1. The van der Waals surface area contributed by atoms with E-state index in [1.54, 1.807) is 30.0 Å². The summed E-state index contributed by atoms with van der Waals surface area (Å²) in [6.45, 7) is 3.92. The van der Waals surface area contributed by atoms with Crippen molar-refractivity contribution in [1.29, 1.82) is 5.26 Å². The summed E-state index contributed by atoms with van der Waals surface area (Å²) in [5, 5.41) is 9.14. The Morgan fingerprint density at radius 2 is 1.96 bits per heavy atom. The van der Waals surface area contributed by atoms with Crippen LogP contribution in [0.15, 0.2) is 46.9 Å². The van der Waals surface area contributed by atoms with Crippen LogP contribution in [0.5, 0.6) is 0 Å². The van der Waals surface area contributed by atoms with Crippen molar-refractivity contribution in [2.24, 2.45) is 0 Å². The van der Waals surface area contributed by atoms with E-state index in [1.807, 2.05) is 26.0 Å². The van der Waals surface area contributed by atoms with E-state index in [4.69, 9.17) is 5.26 Å². The van der Waals surface area contributed by atoms with Crippen molar-refractivity contribution in [2.75, 3.05) is 7.11 Å². The largest absolute Gasteiger partial charge is 0.465 e. The second-order valence-corrected chi connectivity index (χ2v) is 6.59. The Morgan fingerprint density at radius 3 is 2.56 bits per heavy atom. The average Bonchev–Trinajstić information content (AvgIpc) is 2.61. The Kier molecular flexibility index (Phi) is 6.37. The van der Waals surface area contributed by atoms with Crippen molar-refractivity contribution in [3.63, 3.8) is 0 Å². The van der Waals surface area contributed by atoms with Gasteiger partial charge in [-0.2, -0.15) is 5.26 Å². The highest BCUT2D eigenvalue weighted by Crippen LogP contribution is 2.27. The van der Waals surface area contributed by atoms with Gasteiger partial charge in [-0.25, -0.2) is 9.18 Å². The lowest BCUT2D eigenvalue weighted by Crippen LogP contribution is -2.03. The fourth-order valence-corrected chi connectivity index (χ4v) is 3.31. The van der Waals surface area contributed by atoms with E-state index in [0.29, 0.717) is 5.75 Å². The number of halogens is 1. The number of nitriles is 1. The van der Waals surface area contributed by atoms with Gasteiger partial charge in [-0.05, 0) is 60.9 Å². The molecule has 0 amide bonds. The number of rotatable bonds is 5. The van der Waals surface area contributed by atoms with Gasteiger partial charge in [0.25, 0.3) is 0 Å². The van der Waals surface area contributed by atoms with Crippen molar-refractivity contribution >= 4 is 23.8 Å². The quantitative estimate of drug-likeness (QED) is 0.334. The number of aryl methyl sites for hydroxylation is 1. The second kappa shape index (κ2) is 8.50. The third kappa shape index (κ3) is 4.94. The molecule has 0 radical (unpaired) electrons.